The molecule has 2 bridgehead atoms. The molecule has 2 aliphatic rings. The molecular formula is C18H27Cl2N3O. The van der Waals surface area contributed by atoms with E-state index in [0.717, 1.165) is 18.4 Å². The predicted octanol–water partition coefficient (Wildman–Crippen LogP) is 3.15. The number of likely N-dealkylation sites (N-methyl/N-ethyl adjacent to an activating group) is 1. The van der Waals surface area contributed by atoms with Crippen molar-refractivity contribution in [3.63, 3.8) is 0 Å². The highest BCUT2D eigenvalue weighted by molar-refractivity contribution is 6.31. The van der Waals surface area contributed by atoms with Crippen LogP contribution in [0.5, 0.6) is 0 Å². The van der Waals surface area contributed by atoms with E-state index in [2.05, 4.69) is 22.6 Å². The first-order chi connectivity index (χ1) is 11.0. The second-order valence-electron chi connectivity index (χ2n) is 6.99. The SMILES string of the molecule is CC(NC(=O)CN(C)C1CC2CCC(C1)N2)c1ccccc1Cl.Cl. The van der Waals surface area contributed by atoms with Crippen LogP contribution in [0.15, 0.2) is 24.3 Å². The van der Waals surface area contributed by atoms with Crippen molar-refractivity contribution in [2.75, 3.05) is 13.6 Å². The molecule has 134 valence electrons. The summed E-state index contributed by atoms with van der Waals surface area (Å²) in [5.74, 6) is 0.0609. The van der Waals surface area contributed by atoms with Crippen molar-refractivity contribution in [2.24, 2.45) is 0 Å². The van der Waals surface area contributed by atoms with E-state index >= 15 is 0 Å². The molecule has 0 saturated carbocycles. The van der Waals surface area contributed by atoms with Gasteiger partial charge in [0.2, 0.25) is 5.91 Å². The highest BCUT2D eigenvalue weighted by atomic mass is 35.5. The summed E-state index contributed by atoms with van der Waals surface area (Å²) in [6.07, 6.45) is 4.87. The van der Waals surface area contributed by atoms with E-state index in [9.17, 15) is 4.79 Å². The monoisotopic (exact) mass is 371 g/mol. The standard InChI is InChI=1S/C18H26ClN3O.ClH/c1-12(16-5-3-4-6-17(16)19)20-18(23)11-22(2)15-9-13-7-8-14(10-15)21-13;/h3-6,12-15,21H,7-11H2,1-2H3,(H,20,23);1H. The van der Waals surface area contributed by atoms with Crippen molar-refractivity contribution >= 4 is 29.9 Å². The lowest BCUT2D eigenvalue weighted by molar-refractivity contribution is -0.123. The van der Waals surface area contributed by atoms with Gasteiger partial charge in [-0.05, 0) is 51.3 Å². The molecule has 2 aliphatic heterocycles. The number of fused-ring (bicyclic) bond motifs is 2. The van der Waals surface area contributed by atoms with Crippen LogP contribution in [-0.4, -0.2) is 42.5 Å². The largest absolute Gasteiger partial charge is 0.348 e. The van der Waals surface area contributed by atoms with Crippen molar-refractivity contribution in [1.29, 1.82) is 0 Å². The Hall–Kier alpha value is -0.810. The fourth-order valence-corrected chi connectivity index (χ4v) is 4.23. The molecule has 2 heterocycles. The van der Waals surface area contributed by atoms with Crippen LogP contribution < -0.4 is 10.6 Å². The van der Waals surface area contributed by atoms with E-state index in [1.807, 2.05) is 31.2 Å². The van der Waals surface area contributed by atoms with Gasteiger partial charge in [0.1, 0.15) is 0 Å². The highest BCUT2D eigenvalue weighted by Crippen LogP contribution is 2.29. The molecule has 2 fully saturated rings. The average molecular weight is 372 g/mol. The summed E-state index contributed by atoms with van der Waals surface area (Å²) in [6.45, 7) is 2.42. The molecule has 2 saturated heterocycles. The first-order valence-electron chi connectivity index (χ1n) is 8.53. The molecule has 0 radical (unpaired) electrons. The first-order valence-corrected chi connectivity index (χ1v) is 8.91. The highest BCUT2D eigenvalue weighted by Gasteiger charge is 2.35. The van der Waals surface area contributed by atoms with E-state index in [4.69, 9.17) is 11.6 Å². The smallest absolute Gasteiger partial charge is 0.234 e. The summed E-state index contributed by atoms with van der Waals surface area (Å²) < 4.78 is 0. The number of halogens is 2. The van der Waals surface area contributed by atoms with Crippen molar-refractivity contribution in [3.05, 3.63) is 34.9 Å². The molecule has 1 aromatic carbocycles. The van der Waals surface area contributed by atoms with Crippen LogP contribution in [0.2, 0.25) is 5.02 Å². The molecular weight excluding hydrogens is 345 g/mol. The molecule has 6 heteroatoms. The molecule has 3 rings (SSSR count). The molecule has 2 N–H and O–H groups in total. The Morgan fingerprint density at radius 1 is 1.33 bits per heavy atom. The normalized spacial score (nSPS) is 26.8. The molecule has 3 unspecified atom stereocenters. The fourth-order valence-electron chi connectivity index (χ4n) is 3.93. The summed E-state index contributed by atoms with van der Waals surface area (Å²) in [5, 5.41) is 7.41. The molecule has 3 atom stereocenters. The molecule has 1 aromatic rings. The Balaban J connectivity index is 0.00000208. The Kier molecular flexibility index (Phi) is 6.93. The van der Waals surface area contributed by atoms with Gasteiger partial charge in [-0.15, -0.1) is 12.4 Å². The van der Waals surface area contributed by atoms with Crippen molar-refractivity contribution in [2.45, 2.75) is 56.8 Å². The lowest BCUT2D eigenvalue weighted by atomic mass is 9.98. The second kappa shape index (κ2) is 8.52. The summed E-state index contributed by atoms with van der Waals surface area (Å²) in [4.78, 5) is 14.6. The van der Waals surface area contributed by atoms with Gasteiger partial charge in [0.15, 0.2) is 0 Å². The van der Waals surface area contributed by atoms with Gasteiger partial charge in [-0.3, -0.25) is 9.69 Å². The second-order valence-corrected chi connectivity index (χ2v) is 7.40. The van der Waals surface area contributed by atoms with Gasteiger partial charge < -0.3 is 10.6 Å². The van der Waals surface area contributed by atoms with Crippen LogP contribution in [-0.2, 0) is 4.79 Å². The first kappa shape index (κ1) is 19.5. The number of hydrogen-bond acceptors (Lipinski definition) is 3. The Morgan fingerprint density at radius 2 is 1.96 bits per heavy atom. The van der Waals surface area contributed by atoms with Crippen molar-refractivity contribution in [1.82, 2.24) is 15.5 Å². The molecule has 0 spiro atoms. The number of nitrogens with one attached hydrogen (secondary N) is 2. The quantitative estimate of drug-likeness (QED) is 0.835. The zero-order valence-electron chi connectivity index (χ0n) is 14.3. The maximum absolute atomic E-state index is 12.4. The van der Waals surface area contributed by atoms with E-state index in [1.165, 1.54) is 12.8 Å². The van der Waals surface area contributed by atoms with Gasteiger partial charge in [-0.1, -0.05) is 29.8 Å². The van der Waals surface area contributed by atoms with Gasteiger partial charge >= 0.3 is 0 Å². The third-order valence-corrected chi connectivity index (χ3v) is 5.56. The summed E-state index contributed by atoms with van der Waals surface area (Å²) in [7, 11) is 2.06. The van der Waals surface area contributed by atoms with Crippen LogP contribution in [0.1, 0.15) is 44.2 Å². The summed E-state index contributed by atoms with van der Waals surface area (Å²) in [5.41, 5.74) is 0.963. The number of piperidine rings is 1. The van der Waals surface area contributed by atoms with E-state index < -0.39 is 0 Å². The third-order valence-electron chi connectivity index (χ3n) is 5.21. The molecule has 24 heavy (non-hydrogen) atoms. The van der Waals surface area contributed by atoms with Crippen molar-refractivity contribution < 1.29 is 4.79 Å². The Morgan fingerprint density at radius 3 is 2.58 bits per heavy atom. The average Bonchev–Trinajstić information content (AvgIpc) is 2.85. The summed E-state index contributed by atoms with van der Waals surface area (Å²) >= 11 is 6.20. The fraction of sp³-hybridized carbons (Fsp3) is 0.611. The maximum Gasteiger partial charge on any atom is 0.234 e. The number of benzene rings is 1. The lowest BCUT2D eigenvalue weighted by Gasteiger charge is -2.35. The minimum atomic E-state index is -0.0752. The number of amides is 1. The number of carbonyl (C=O) groups excluding carboxylic acids is 1. The Bertz CT molecular complexity index is 557. The third kappa shape index (κ3) is 4.63. The van der Waals surface area contributed by atoms with Gasteiger partial charge in [0.25, 0.3) is 0 Å². The number of carbonyl (C=O) groups is 1. The van der Waals surface area contributed by atoms with E-state index in [-0.39, 0.29) is 24.4 Å². The zero-order valence-corrected chi connectivity index (χ0v) is 15.9. The summed E-state index contributed by atoms with van der Waals surface area (Å²) in [6, 6.07) is 9.39. The van der Waals surface area contributed by atoms with Crippen LogP contribution in [0.3, 0.4) is 0 Å². The predicted molar refractivity (Wildman–Crippen MR) is 101 cm³/mol. The lowest BCUT2D eigenvalue weighted by Crippen LogP contribution is -2.49. The van der Waals surface area contributed by atoms with E-state index in [0.29, 0.717) is 29.7 Å². The van der Waals surface area contributed by atoms with Gasteiger partial charge in [-0.2, -0.15) is 0 Å². The minimum absolute atomic E-state index is 0. The van der Waals surface area contributed by atoms with Gasteiger partial charge in [0, 0.05) is 23.1 Å². The Labute approximate surface area is 155 Å². The molecule has 0 aliphatic carbocycles. The zero-order chi connectivity index (χ0) is 16.4. The van der Waals surface area contributed by atoms with E-state index in [1.54, 1.807) is 0 Å². The maximum atomic E-state index is 12.4. The molecule has 1 amide bonds. The molecule has 4 nitrogen and oxygen atoms in total. The minimum Gasteiger partial charge on any atom is -0.348 e. The van der Waals surface area contributed by atoms with Crippen LogP contribution in [0.25, 0.3) is 0 Å². The number of nitrogens with zero attached hydrogens (tertiary/aromatic N) is 1. The topological polar surface area (TPSA) is 44.4 Å². The van der Waals surface area contributed by atoms with Crippen LogP contribution >= 0.6 is 24.0 Å². The number of hydrogen-bond donors (Lipinski definition) is 2. The van der Waals surface area contributed by atoms with Crippen molar-refractivity contribution in [3.8, 4) is 0 Å². The van der Waals surface area contributed by atoms with Gasteiger partial charge in [-0.25, -0.2) is 0 Å². The van der Waals surface area contributed by atoms with Gasteiger partial charge in [0.05, 0.1) is 12.6 Å². The molecule has 0 aromatic heterocycles. The van der Waals surface area contributed by atoms with Crippen LogP contribution in [0.4, 0.5) is 0 Å². The number of rotatable bonds is 5. The van der Waals surface area contributed by atoms with Crippen LogP contribution in [0, 0.1) is 0 Å².